The molecular weight excluding hydrogens is 468 g/mol. The van der Waals surface area contributed by atoms with E-state index in [1.807, 2.05) is 36.0 Å². The number of carboxylic acids is 1. The molecule has 8 heteroatoms. The van der Waals surface area contributed by atoms with E-state index in [0.717, 1.165) is 60.4 Å². The monoisotopic (exact) mass is 500 g/mol. The Bertz CT molecular complexity index is 1080. The lowest BCUT2D eigenvalue weighted by atomic mass is 9.79. The number of nitrogens with zero attached hydrogens (tertiary/aromatic N) is 2. The van der Waals surface area contributed by atoms with E-state index in [4.69, 9.17) is 4.74 Å². The molecule has 6 nitrogen and oxygen atoms in total. The number of fused-ring (bicyclic) bond motifs is 1. The number of rotatable bonds is 11. The molecule has 3 heterocycles. The van der Waals surface area contributed by atoms with E-state index in [1.54, 1.807) is 24.6 Å². The third-order valence-corrected chi connectivity index (χ3v) is 8.54. The second-order valence-electron chi connectivity index (χ2n) is 8.89. The van der Waals surface area contributed by atoms with Crippen LogP contribution >= 0.6 is 23.1 Å². The van der Waals surface area contributed by atoms with Crippen molar-refractivity contribution in [3.8, 4) is 5.75 Å². The average molecular weight is 501 g/mol. The van der Waals surface area contributed by atoms with E-state index in [-0.39, 0.29) is 12.3 Å². The molecule has 0 aliphatic carbocycles. The molecule has 2 N–H and O–H groups in total. The normalized spacial score (nSPS) is 19.8. The molecule has 0 unspecified atom stereocenters. The fourth-order valence-corrected chi connectivity index (χ4v) is 6.70. The van der Waals surface area contributed by atoms with E-state index in [1.165, 1.54) is 4.90 Å². The summed E-state index contributed by atoms with van der Waals surface area (Å²) in [5, 5.41) is 25.7. The average Bonchev–Trinajstić information content (AvgIpc) is 3.36. The van der Waals surface area contributed by atoms with Gasteiger partial charge in [-0.05, 0) is 78.9 Å². The van der Waals surface area contributed by atoms with E-state index in [2.05, 4.69) is 26.7 Å². The van der Waals surface area contributed by atoms with Gasteiger partial charge in [-0.15, -0.1) is 11.8 Å². The van der Waals surface area contributed by atoms with Crippen LogP contribution in [0.25, 0.3) is 10.9 Å². The van der Waals surface area contributed by atoms with Gasteiger partial charge in [0.25, 0.3) is 0 Å². The van der Waals surface area contributed by atoms with Gasteiger partial charge >= 0.3 is 5.97 Å². The van der Waals surface area contributed by atoms with Crippen LogP contribution in [-0.2, 0) is 4.79 Å². The van der Waals surface area contributed by atoms with Crippen molar-refractivity contribution in [3.05, 3.63) is 52.9 Å². The molecule has 182 valence electrons. The molecular formula is C26H32N2O4S2. The molecule has 0 bridgehead atoms. The topological polar surface area (TPSA) is 82.9 Å². The number of aliphatic hydroxyl groups excluding tert-OH is 1. The highest BCUT2D eigenvalue weighted by molar-refractivity contribution is 7.99. The predicted octanol–water partition coefficient (Wildman–Crippen LogP) is 5.32. The Morgan fingerprint density at radius 2 is 2.21 bits per heavy atom. The van der Waals surface area contributed by atoms with Crippen molar-refractivity contribution in [2.45, 2.75) is 36.7 Å². The highest BCUT2D eigenvalue weighted by Crippen LogP contribution is 2.35. The molecule has 1 aliphatic heterocycles. The Morgan fingerprint density at radius 1 is 1.32 bits per heavy atom. The number of carbonyl (C=O) groups is 1. The zero-order valence-electron chi connectivity index (χ0n) is 19.4. The van der Waals surface area contributed by atoms with Crippen LogP contribution in [0, 0.1) is 11.8 Å². The number of aliphatic hydroxyl groups is 1. The highest BCUT2D eigenvalue weighted by atomic mass is 32.2. The van der Waals surface area contributed by atoms with Gasteiger partial charge in [-0.3, -0.25) is 9.78 Å². The molecule has 34 heavy (non-hydrogen) atoms. The Hall–Kier alpha value is -2.13. The van der Waals surface area contributed by atoms with Crippen LogP contribution in [0.5, 0.6) is 5.75 Å². The van der Waals surface area contributed by atoms with Gasteiger partial charge in [-0.2, -0.15) is 11.3 Å². The second kappa shape index (κ2) is 12.0. The van der Waals surface area contributed by atoms with E-state index in [0.29, 0.717) is 12.3 Å². The number of thioether (sulfide) groups is 1. The van der Waals surface area contributed by atoms with Gasteiger partial charge in [-0.1, -0.05) is 0 Å². The minimum atomic E-state index is -0.739. The van der Waals surface area contributed by atoms with Crippen molar-refractivity contribution in [1.82, 2.24) is 9.88 Å². The predicted molar refractivity (Wildman–Crippen MR) is 138 cm³/mol. The maximum Gasteiger partial charge on any atom is 0.303 e. The summed E-state index contributed by atoms with van der Waals surface area (Å²) in [6, 6.07) is 9.70. The number of thiophene rings is 1. The lowest BCUT2D eigenvalue weighted by Crippen LogP contribution is -2.42. The van der Waals surface area contributed by atoms with Crippen LogP contribution in [0.2, 0.25) is 0 Å². The van der Waals surface area contributed by atoms with Gasteiger partial charge in [0.2, 0.25) is 0 Å². The third kappa shape index (κ3) is 6.50. The minimum absolute atomic E-state index is 0.110. The molecule has 2 aromatic heterocycles. The first-order chi connectivity index (χ1) is 16.5. The van der Waals surface area contributed by atoms with Crippen molar-refractivity contribution >= 4 is 40.0 Å². The lowest BCUT2D eigenvalue weighted by Gasteiger charge is -2.38. The SMILES string of the molecule is COc1ccc2nccc([C@@H](O)CC[C@@H]3CCN(CCSc4ccsc4)C[C@@H]3CC(=O)O)c2c1. The molecule has 0 radical (unpaired) electrons. The van der Waals surface area contributed by atoms with Gasteiger partial charge in [0.05, 0.1) is 18.7 Å². The van der Waals surface area contributed by atoms with Crippen molar-refractivity contribution in [2.75, 3.05) is 32.5 Å². The summed E-state index contributed by atoms with van der Waals surface area (Å²) in [5.41, 5.74) is 1.68. The molecule has 1 saturated heterocycles. The van der Waals surface area contributed by atoms with E-state index < -0.39 is 12.1 Å². The Kier molecular flexibility index (Phi) is 8.83. The summed E-state index contributed by atoms with van der Waals surface area (Å²) in [6.07, 6.45) is 3.68. The summed E-state index contributed by atoms with van der Waals surface area (Å²) >= 11 is 3.57. The van der Waals surface area contributed by atoms with Crippen molar-refractivity contribution in [1.29, 1.82) is 0 Å². The van der Waals surface area contributed by atoms with Gasteiger partial charge in [-0.25, -0.2) is 0 Å². The van der Waals surface area contributed by atoms with Crippen LogP contribution in [0.1, 0.15) is 37.4 Å². The molecule has 1 aliphatic rings. The number of piperidine rings is 1. The number of methoxy groups -OCH3 is 1. The number of hydrogen-bond acceptors (Lipinski definition) is 7. The van der Waals surface area contributed by atoms with Crippen LogP contribution in [0.3, 0.4) is 0 Å². The molecule has 0 saturated carbocycles. The van der Waals surface area contributed by atoms with E-state index >= 15 is 0 Å². The molecule has 1 aromatic carbocycles. The molecule has 0 amide bonds. The number of carboxylic acid groups (broad SMARTS) is 1. The Morgan fingerprint density at radius 3 is 2.97 bits per heavy atom. The number of pyridine rings is 1. The maximum absolute atomic E-state index is 11.6. The quantitative estimate of drug-likeness (QED) is 0.345. The molecule has 3 aromatic rings. The first-order valence-electron chi connectivity index (χ1n) is 11.7. The molecule has 3 atom stereocenters. The van der Waals surface area contributed by atoms with Gasteiger partial charge in [0, 0.05) is 47.1 Å². The summed E-state index contributed by atoms with van der Waals surface area (Å²) in [4.78, 5) is 19.7. The summed E-state index contributed by atoms with van der Waals surface area (Å²) < 4.78 is 5.35. The number of aromatic nitrogens is 1. The zero-order chi connectivity index (χ0) is 23.9. The van der Waals surface area contributed by atoms with Crippen LogP contribution in [0.4, 0.5) is 0 Å². The maximum atomic E-state index is 11.6. The Labute approximate surface area is 209 Å². The number of aliphatic carboxylic acids is 1. The third-order valence-electron chi connectivity index (χ3n) is 6.74. The second-order valence-corrected chi connectivity index (χ2v) is 10.8. The number of benzene rings is 1. The highest BCUT2D eigenvalue weighted by Gasteiger charge is 2.31. The summed E-state index contributed by atoms with van der Waals surface area (Å²) in [7, 11) is 1.63. The summed E-state index contributed by atoms with van der Waals surface area (Å²) in [6.45, 7) is 2.76. The molecule has 4 rings (SSSR count). The van der Waals surface area contributed by atoms with Gasteiger partial charge in [0.15, 0.2) is 0 Å². The standard InChI is InChI=1S/C26H32N2O4S2/c1-32-20-3-4-24-23(15-20)22(6-9-27-24)25(29)5-2-18-7-10-28(16-19(18)14-26(30)31)11-13-34-21-8-12-33-17-21/h3-4,6,8-9,12,15,17-19,25,29H,2,5,7,10-11,13-14,16H2,1H3,(H,30,31)/t18-,19+,25+/m1/s1. The summed E-state index contributed by atoms with van der Waals surface area (Å²) in [5.74, 6) is 1.42. The van der Waals surface area contributed by atoms with Crippen LogP contribution < -0.4 is 4.74 Å². The number of hydrogen-bond donors (Lipinski definition) is 2. The number of ether oxygens (including phenoxy) is 1. The fraction of sp³-hybridized carbons (Fsp3) is 0.462. The van der Waals surface area contributed by atoms with Crippen molar-refractivity contribution < 1.29 is 19.7 Å². The molecule has 0 spiro atoms. The van der Waals surface area contributed by atoms with E-state index in [9.17, 15) is 15.0 Å². The molecule has 1 fully saturated rings. The Balaban J connectivity index is 1.35. The minimum Gasteiger partial charge on any atom is -0.497 e. The van der Waals surface area contributed by atoms with Crippen molar-refractivity contribution in [3.63, 3.8) is 0 Å². The lowest BCUT2D eigenvalue weighted by molar-refractivity contribution is -0.139. The van der Waals surface area contributed by atoms with Crippen LogP contribution in [0.15, 0.2) is 52.2 Å². The first-order valence-corrected chi connectivity index (χ1v) is 13.7. The zero-order valence-corrected chi connectivity index (χ0v) is 21.1. The first kappa shape index (κ1) is 25.0. The van der Waals surface area contributed by atoms with Crippen molar-refractivity contribution in [2.24, 2.45) is 11.8 Å². The fourth-order valence-electron chi connectivity index (χ4n) is 4.91. The van der Waals surface area contributed by atoms with Gasteiger partial charge in [0.1, 0.15) is 5.75 Å². The largest absolute Gasteiger partial charge is 0.497 e. The van der Waals surface area contributed by atoms with Gasteiger partial charge < -0.3 is 19.8 Å². The van der Waals surface area contributed by atoms with Crippen LogP contribution in [-0.4, -0.2) is 58.6 Å². The number of likely N-dealkylation sites (tertiary alicyclic amines) is 1. The smallest absolute Gasteiger partial charge is 0.303 e.